The van der Waals surface area contributed by atoms with Crippen LogP contribution in [0.2, 0.25) is 0 Å². The van der Waals surface area contributed by atoms with Crippen LogP contribution in [-0.2, 0) is 29.0 Å². The van der Waals surface area contributed by atoms with Crippen LogP contribution in [0.3, 0.4) is 0 Å². The van der Waals surface area contributed by atoms with E-state index >= 15 is 0 Å². The van der Waals surface area contributed by atoms with Gasteiger partial charge in [-0.25, -0.2) is 14.1 Å². The highest BCUT2D eigenvalue weighted by Crippen LogP contribution is 2.47. The number of ether oxygens (including phenoxy) is 2. The van der Waals surface area contributed by atoms with Crippen LogP contribution in [0.5, 0.6) is 5.75 Å². The van der Waals surface area contributed by atoms with Crippen LogP contribution < -0.4 is 15.3 Å². The largest absolute Gasteiger partial charge is 0.465 e. The van der Waals surface area contributed by atoms with Crippen molar-refractivity contribution in [1.82, 2.24) is 19.7 Å². The van der Waals surface area contributed by atoms with Crippen molar-refractivity contribution in [3.8, 4) is 11.8 Å². The van der Waals surface area contributed by atoms with E-state index in [9.17, 15) is 24.8 Å². The highest BCUT2D eigenvalue weighted by Gasteiger charge is 2.58. The van der Waals surface area contributed by atoms with Gasteiger partial charge in [0.05, 0.1) is 18.9 Å². The minimum atomic E-state index is -4.33. The summed E-state index contributed by atoms with van der Waals surface area (Å²) in [6.45, 7) is 4.61. The summed E-state index contributed by atoms with van der Waals surface area (Å²) < 4.78 is 37.6. The number of nitriles is 1. The van der Waals surface area contributed by atoms with Gasteiger partial charge in [0.15, 0.2) is 5.82 Å². The molecule has 3 aromatic rings. The number of rotatable bonds is 11. The number of nitrogens with zero attached hydrogens (tertiary/aromatic N) is 4. The average molecular weight is 575 g/mol. The van der Waals surface area contributed by atoms with Crippen LogP contribution in [0, 0.1) is 17.2 Å². The Balaban J connectivity index is 1.61. The summed E-state index contributed by atoms with van der Waals surface area (Å²) in [6, 6.07) is 12.0. The van der Waals surface area contributed by atoms with E-state index in [-0.39, 0.29) is 29.8 Å². The Morgan fingerprint density at radius 2 is 2.02 bits per heavy atom. The van der Waals surface area contributed by atoms with Crippen molar-refractivity contribution in [1.29, 1.82) is 5.26 Å². The van der Waals surface area contributed by atoms with Gasteiger partial charge in [-0.2, -0.15) is 15.4 Å². The number of anilines is 1. The average Bonchev–Trinajstić information content (AvgIpc) is 3.47. The molecule has 0 radical (unpaired) electrons. The Bertz CT molecular complexity index is 1430. The number of aliphatic hydroxyl groups is 2. The molecule has 5 N–H and O–H groups in total. The molecule has 40 heavy (non-hydrogen) atoms. The zero-order valence-corrected chi connectivity index (χ0v) is 23.0. The Morgan fingerprint density at radius 1 is 1.30 bits per heavy atom. The molecule has 15 heteroatoms. The highest BCUT2D eigenvalue weighted by atomic mass is 31.2. The highest BCUT2D eigenvalue weighted by molar-refractivity contribution is 7.52. The molecule has 14 nitrogen and oxygen atoms in total. The number of aliphatic hydroxyl groups excluding tert-OH is 2. The molecule has 6 atom stereocenters. The first kappa shape index (κ1) is 29.4. The molecule has 0 amide bonds. The van der Waals surface area contributed by atoms with Gasteiger partial charge in [-0.15, -0.1) is 0 Å². The smallest absolute Gasteiger partial charge is 0.459 e. The second-order valence-electron chi connectivity index (χ2n) is 9.40. The van der Waals surface area contributed by atoms with Gasteiger partial charge >= 0.3 is 13.7 Å². The van der Waals surface area contributed by atoms with Gasteiger partial charge in [0.25, 0.3) is 0 Å². The number of hydrogen-bond donors (Lipinski definition) is 4. The van der Waals surface area contributed by atoms with Gasteiger partial charge in [0.2, 0.25) is 5.60 Å². The maximum atomic E-state index is 14.0. The standard InChI is InChI=1S/C25H31N6O8P/c1-4-36-24(34)20(15(2)3)30-40(35,39-16-8-6-5-7-9-16)37-12-18-21(32)22(33)25(13-26,38-18)19-11-10-17-23(27)28-14-29-31(17)19/h5-11,14-15,18,20-22,32-33H,4,12H2,1-3H3,(H,30,35)(H2,27,28,29)/t18-,20+,21-,22-,25?,40?/m1/s1. The summed E-state index contributed by atoms with van der Waals surface area (Å²) in [6.07, 6.45) is -3.55. The van der Waals surface area contributed by atoms with E-state index in [1.54, 1.807) is 57.2 Å². The lowest BCUT2D eigenvalue weighted by atomic mass is 9.92. The van der Waals surface area contributed by atoms with E-state index in [2.05, 4.69) is 15.2 Å². The number of esters is 1. The minimum absolute atomic E-state index is 0.0946. The summed E-state index contributed by atoms with van der Waals surface area (Å²) >= 11 is 0. The van der Waals surface area contributed by atoms with Crippen molar-refractivity contribution >= 4 is 25.1 Å². The van der Waals surface area contributed by atoms with Gasteiger partial charge in [0, 0.05) is 0 Å². The van der Waals surface area contributed by atoms with Crippen molar-refractivity contribution in [2.75, 3.05) is 18.9 Å². The number of nitrogens with two attached hydrogens (primary N) is 1. The van der Waals surface area contributed by atoms with Crippen molar-refractivity contribution in [2.24, 2.45) is 5.92 Å². The molecular weight excluding hydrogens is 543 g/mol. The third-order valence-corrected chi connectivity index (χ3v) is 7.90. The first-order valence-electron chi connectivity index (χ1n) is 12.5. The Labute approximate surface area is 230 Å². The van der Waals surface area contributed by atoms with E-state index in [1.807, 2.05) is 6.07 Å². The second-order valence-corrected chi connectivity index (χ2v) is 11.1. The summed E-state index contributed by atoms with van der Waals surface area (Å²) in [7, 11) is -4.33. The van der Waals surface area contributed by atoms with E-state index in [0.717, 1.165) is 0 Å². The summed E-state index contributed by atoms with van der Waals surface area (Å²) in [5.74, 6) is -0.709. The summed E-state index contributed by atoms with van der Waals surface area (Å²) in [4.78, 5) is 16.5. The molecule has 1 saturated heterocycles. The molecule has 0 saturated carbocycles. The van der Waals surface area contributed by atoms with Crippen LogP contribution >= 0.6 is 7.75 Å². The Morgan fingerprint density at radius 3 is 2.67 bits per heavy atom. The minimum Gasteiger partial charge on any atom is -0.465 e. The summed E-state index contributed by atoms with van der Waals surface area (Å²) in [5, 5.41) is 38.7. The third kappa shape index (κ3) is 5.66. The molecule has 0 aliphatic carbocycles. The lowest BCUT2D eigenvalue weighted by molar-refractivity contribution is -0.146. The number of hydrogen-bond acceptors (Lipinski definition) is 12. The van der Waals surface area contributed by atoms with E-state index in [4.69, 9.17) is 24.3 Å². The van der Waals surface area contributed by atoms with Crippen LogP contribution in [0.1, 0.15) is 26.5 Å². The maximum Gasteiger partial charge on any atom is 0.459 e. The molecule has 2 unspecified atom stereocenters. The second kappa shape index (κ2) is 11.9. The molecule has 0 bridgehead atoms. The normalized spacial score (nSPS) is 24.9. The predicted molar refractivity (Wildman–Crippen MR) is 141 cm³/mol. The van der Waals surface area contributed by atoms with Crippen molar-refractivity contribution in [3.05, 3.63) is 54.5 Å². The molecule has 1 aliphatic heterocycles. The van der Waals surface area contributed by atoms with Crippen LogP contribution in [0.25, 0.3) is 5.52 Å². The van der Waals surface area contributed by atoms with Gasteiger partial charge in [-0.1, -0.05) is 32.0 Å². The van der Waals surface area contributed by atoms with Gasteiger partial charge < -0.3 is 29.9 Å². The molecule has 1 fully saturated rings. The van der Waals surface area contributed by atoms with E-state index in [1.165, 1.54) is 16.9 Å². The Kier molecular flexibility index (Phi) is 8.74. The molecule has 1 aromatic carbocycles. The molecule has 2 aromatic heterocycles. The summed E-state index contributed by atoms with van der Waals surface area (Å²) in [5.41, 5.74) is 4.27. The molecule has 4 rings (SSSR count). The van der Waals surface area contributed by atoms with Gasteiger partial charge in [-0.05, 0) is 37.1 Å². The fourth-order valence-electron chi connectivity index (χ4n) is 4.31. The van der Waals surface area contributed by atoms with E-state index < -0.39 is 50.3 Å². The van der Waals surface area contributed by atoms with Crippen molar-refractivity contribution in [2.45, 2.75) is 50.7 Å². The maximum absolute atomic E-state index is 14.0. The van der Waals surface area contributed by atoms with Crippen molar-refractivity contribution in [3.63, 3.8) is 0 Å². The zero-order chi connectivity index (χ0) is 29.1. The third-order valence-electron chi connectivity index (χ3n) is 6.37. The lowest BCUT2D eigenvalue weighted by Crippen LogP contribution is -2.42. The zero-order valence-electron chi connectivity index (χ0n) is 22.1. The monoisotopic (exact) mass is 574 g/mol. The molecule has 3 heterocycles. The molecular formula is C25H31N6O8P. The number of nitrogens with one attached hydrogen (secondary N) is 1. The fraction of sp³-hybridized carbons (Fsp3) is 0.440. The Hall–Kier alpha value is -3.57. The number of carbonyl (C=O) groups excluding carboxylic acids is 1. The molecule has 214 valence electrons. The predicted octanol–water partition coefficient (Wildman–Crippen LogP) is 1.53. The van der Waals surface area contributed by atoms with E-state index in [0.29, 0.717) is 5.52 Å². The first-order valence-corrected chi connectivity index (χ1v) is 14.1. The topological polar surface area (TPSA) is 204 Å². The first-order chi connectivity index (χ1) is 19.0. The van der Waals surface area contributed by atoms with Gasteiger partial charge in [0.1, 0.15) is 48.0 Å². The number of aromatic nitrogens is 3. The number of benzene rings is 1. The molecule has 0 spiro atoms. The lowest BCUT2D eigenvalue weighted by Gasteiger charge is -2.27. The van der Waals surface area contributed by atoms with Crippen LogP contribution in [0.15, 0.2) is 48.8 Å². The quantitative estimate of drug-likeness (QED) is 0.190. The van der Waals surface area contributed by atoms with Crippen molar-refractivity contribution < 1.29 is 38.1 Å². The fourth-order valence-corrected chi connectivity index (χ4v) is 5.97. The number of carbonyl (C=O) groups is 1. The van der Waals surface area contributed by atoms with Crippen LogP contribution in [-0.4, -0.2) is 68.3 Å². The molecule has 1 aliphatic rings. The number of para-hydroxylation sites is 1. The number of nitrogen functional groups attached to an aromatic ring is 1. The van der Waals surface area contributed by atoms with Crippen LogP contribution in [0.4, 0.5) is 5.82 Å². The SMILES string of the molecule is CCOC(=O)[C@@H](NP(=O)(OC[C@H]1OC(C#N)(c2ccc3c(N)ncnn23)[C@H](O)[C@@H]1O)Oc1ccccc1)C(C)C. The number of fused-ring (bicyclic) bond motifs is 1. The van der Waals surface area contributed by atoms with Gasteiger partial charge in [-0.3, -0.25) is 9.32 Å².